The normalized spacial score (nSPS) is 8.29. The van der Waals surface area contributed by atoms with Crippen molar-refractivity contribution in [3.8, 4) is 5.75 Å². The Balaban J connectivity index is 0. The molecule has 0 bridgehead atoms. The van der Waals surface area contributed by atoms with Crippen LogP contribution >= 0.6 is 0 Å². The van der Waals surface area contributed by atoms with E-state index in [0.717, 1.165) is 0 Å². The molecule has 0 radical (unpaired) electrons. The molecule has 0 aromatic heterocycles. The molecule has 17 heavy (non-hydrogen) atoms. The van der Waals surface area contributed by atoms with Gasteiger partial charge in [-0.1, -0.05) is 21.3 Å². The van der Waals surface area contributed by atoms with Gasteiger partial charge in [-0.25, -0.2) is 0 Å². The lowest BCUT2D eigenvalue weighted by Gasteiger charge is -2.06. The van der Waals surface area contributed by atoms with Crippen LogP contribution in [0, 0.1) is 0 Å². The molecule has 0 spiro atoms. The quantitative estimate of drug-likeness (QED) is 0.753. The number of hydrogen-bond acceptors (Lipinski definition) is 3. The number of methoxy groups -OCH3 is 1. The first-order chi connectivity index (χ1) is 7.56. The summed E-state index contributed by atoms with van der Waals surface area (Å²) in [5, 5.41) is 0. The average Bonchev–Trinajstić information content (AvgIpc) is 2.30. The van der Waals surface area contributed by atoms with Gasteiger partial charge in [0.25, 0.3) is 0 Å². The van der Waals surface area contributed by atoms with Gasteiger partial charge >= 0.3 is 0 Å². The average molecular weight is 238 g/mol. The topological polar surface area (TPSA) is 43.4 Å². The highest BCUT2D eigenvalue weighted by molar-refractivity contribution is 6.01. The van der Waals surface area contributed by atoms with Gasteiger partial charge in [0, 0.05) is 5.56 Å². The third-order valence-electron chi connectivity index (χ3n) is 1.99. The van der Waals surface area contributed by atoms with Crippen LogP contribution in [0.1, 0.15) is 55.8 Å². The van der Waals surface area contributed by atoms with Crippen LogP contribution in [-0.2, 0) is 0 Å². The minimum absolute atomic E-state index is 0. The summed E-state index contributed by atoms with van der Waals surface area (Å²) in [5.41, 5.74) is 0.969. The van der Waals surface area contributed by atoms with Crippen molar-refractivity contribution >= 4 is 11.6 Å². The van der Waals surface area contributed by atoms with Crippen LogP contribution in [0.2, 0.25) is 0 Å². The molecular formula is C14H22O3. The minimum Gasteiger partial charge on any atom is -0.496 e. The monoisotopic (exact) mass is 238 g/mol. The first-order valence-corrected chi connectivity index (χ1v) is 5.26. The second kappa shape index (κ2) is 8.50. The lowest BCUT2D eigenvalue weighted by molar-refractivity contribution is 0.101. The summed E-state index contributed by atoms with van der Waals surface area (Å²) in [5.74, 6) is 0.336. The fraction of sp³-hybridized carbons (Fsp3) is 0.429. The standard InChI is InChI=1S/C11H12O3.C2H6.CH4/c1-7(12)9-4-5-11(14-3)10(6-9)8(2)13;1-2;/h4-6H,1-3H3;1-2H3;1H4. The summed E-state index contributed by atoms with van der Waals surface area (Å²) in [6.07, 6.45) is 0. The van der Waals surface area contributed by atoms with Gasteiger partial charge in [-0.15, -0.1) is 0 Å². The maximum absolute atomic E-state index is 11.2. The fourth-order valence-corrected chi connectivity index (χ4v) is 1.20. The van der Waals surface area contributed by atoms with Gasteiger partial charge in [-0.3, -0.25) is 9.59 Å². The second-order valence-corrected chi connectivity index (χ2v) is 3.03. The Labute approximate surface area is 104 Å². The van der Waals surface area contributed by atoms with Crippen molar-refractivity contribution < 1.29 is 14.3 Å². The van der Waals surface area contributed by atoms with E-state index >= 15 is 0 Å². The molecule has 0 N–H and O–H groups in total. The van der Waals surface area contributed by atoms with Gasteiger partial charge in [0.15, 0.2) is 11.6 Å². The number of carbonyl (C=O) groups excluding carboxylic acids is 2. The molecule has 0 aliphatic heterocycles. The zero-order valence-electron chi connectivity index (χ0n) is 10.5. The lowest BCUT2D eigenvalue weighted by Crippen LogP contribution is -2.01. The molecule has 0 aliphatic carbocycles. The number of ketones is 2. The molecule has 0 unspecified atom stereocenters. The molecule has 96 valence electrons. The van der Waals surface area contributed by atoms with Gasteiger partial charge in [0.1, 0.15) is 5.75 Å². The molecule has 3 heteroatoms. The smallest absolute Gasteiger partial charge is 0.163 e. The molecule has 1 rings (SSSR count). The van der Waals surface area contributed by atoms with E-state index in [4.69, 9.17) is 4.74 Å². The van der Waals surface area contributed by atoms with Crippen molar-refractivity contribution in [3.05, 3.63) is 29.3 Å². The Morgan fingerprint density at radius 1 is 1.06 bits per heavy atom. The van der Waals surface area contributed by atoms with Crippen LogP contribution < -0.4 is 4.74 Å². The maximum atomic E-state index is 11.2. The van der Waals surface area contributed by atoms with Crippen molar-refractivity contribution in [1.29, 1.82) is 0 Å². The second-order valence-electron chi connectivity index (χ2n) is 3.03. The molecule has 0 heterocycles. The highest BCUT2D eigenvalue weighted by Gasteiger charge is 2.10. The molecule has 3 nitrogen and oxygen atoms in total. The molecular weight excluding hydrogens is 216 g/mol. The lowest BCUT2D eigenvalue weighted by atomic mass is 10.0. The number of rotatable bonds is 3. The zero-order chi connectivity index (χ0) is 12.7. The molecule has 0 saturated heterocycles. The van der Waals surface area contributed by atoms with Gasteiger partial charge < -0.3 is 4.74 Å². The van der Waals surface area contributed by atoms with Gasteiger partial charge in [0.05, 0.1) is 12.7 Å². The van der Waals surface area contributed by atoms with Crippen LogP contribution in [0.15, 0.2) is 18.2 Å². The predicted molar refractivity (Wildman–Crippen MR) is 71.1 cm³/mol. The Bertz CT molecular complexity index is 381. The van der Waals surface area contributed by atoms with Crippen LogP contribution in [0.25, 0.3) is 0 Å². The molecule has 0 atom stereocenters. The van der Waals surface area contributed by atoms with E-state index in [-0.39, 0.29) is 19.0 Å². The predicted octanol–water partition coefficient (Wildman–Crippen LogP) is 3.76. The van der Waals surface area contributed by atoms with Crippen molar-refractivity contribution in [2.45, 2.75) is 35.1 Å². The summed E-state index contributed by atoms with van der Waals surface area (Å²) in [6, 6.07) is 4.84. The van der Waals surface area contributed by atoms with Crippen molar-refractivity contribution in [3.63, 3.8) is 0 Å². The van der Waals surface area contributed by atoms with Crippen LogP contribution in [0.3, 0.4) is 0 Å². The van der Waals surface area contributed by atoms with E-state index in [9.17, 15) is 9.59 Å². The zero-order valence-corrected chi connectivity index (χ0v) is 10.5. The van der Waals surface area contributed by atoms with E-state index in [1.807, 2.05) is 13.8 Å². The number of ether oxygens (including phenoxy) is 1. The summed E-state index contributed by atoms with van der Waals surface area (Å²) in [6.45, 7) is 6.91. The molecule has 1 aromatic rings. The van der Waals surface area contributed by atoms with E-state index in [1.54, 1.807) is 18.2 Å². The minimum atomic E-state index is -0.107. The van der Waals surface area contributed by atoms with Crippen LogP contribution in [0.5, 0.6) is 5.75 Å². The Morgan fingerprint density at radius 3 is 1.94 bits per heavy atom. The number of carbonyl (C=O) groups is 2. The third kappa shape index (κ3) is 4.81. The van der Waals surface area contributed by atoms with E-state index < -0.39 is 0 Å². The Kier molecular flexibility index (Phi) is 8.88. The SMILES string of the molecule is C.CC.COc1ccc(C(C)=O)cc1C(C)=O. The summed E-state index contributed by atoms with van der Waals surface area (Å²) < 4.78 is 5.01. The molecule has 0 amide bonds. The van der Waals surface area contributed by atoms with Crippen molar-refractivity contribution in [1.82, 2.24) is 0 Å². The largest absolute Gasteiger partial charge is 0.496 e. The highest BCUT2D eigenvalue weighted by Crippen LogP contribution is 2.20. The molecule has 0 saturated carbocycles. The highest BCUT2D eigenvalue weighted by atomic mass is 16.5. The third-order valence-corrected chi connectivity index (χ3v) is 1.99. The molecule has 0 aliphatic rings. The summed E-state index contributed by atoms with van der Waals surface area (Å²) in [7, 11) is 1.50. The molecule has 1 aromatic carbocycles. The summed E-state index contributed by atoms with van der Waals surface area (Å²) >= 11 is 0. The first kappa shape index (κ1) is 17.7. The van der Waals surface area contributed by atoms with Crippen LogP contribution in [0.4, 0.5) is 0 Å². The maximum Gasteiger partial charge on any atom is 0.163 e. The van der Waals surface area contributed by atoms with Gasteiger partial charge in [-0.05, 0) is 32.0 Å². The van der Waals surface area contributed by atoms with Gasteiger partial charge in [0.2, 0.25) is 0 Å². The van der Waals surface area contributed by atoms with E-state index in [2.05, 4.69) is 0 Å². The number of Topliss-reactive ketones (excluding diaryl/α,β-unsaturated/α-hetero) is 2. The van der Waals surface area contributed by atoms with Crippen molar-refractivity contribution in [2.24, 2.45) is 0 Å². The van der Waals surface area contributed by atoms with Crippen LogP contribution in [-0.4, -0.2) is 18.7 Å². The Morgan fingerprint density at radius 2 is 1.59 bits per heavy atom. The Hall–Kier alpha value is -1.64. The first-order valence-electron chi connectivity index (χ1n) is 5.26. The molecule has 0 fully saturated rings. The fourth-order valence-electron chi connectivity index (χ4n) is 1.20. The number of hydrogen-bond donors (Lipinski definition) is 0. The van der Waals surface area contributed by atoms with Gasteiger partial charge in [-0.2, -0.15) is 0 Å². The summed E-state index contributed by atoms with van der Waals surface area (Å²) in [4.78, 5) is 22.3. The van der Waals surface area contributed by atoms with E-state index in [1.165, 1.54) is 21.0 Å². The number of benzene rings is 1. The van der Waals surface area contributed by atoms with Crippen molar-refractivity contribution in [2.75, 3.05) is 7.11 Å². The van der Waals surface area contributed by atoms with E-state index in [0.29, 0.717) is 16.9 Å².